The molecule has 2 nitrogen and oxygen atoms in total. The number of carbonyl (C=O) groups is 1. The number of ketones is 1. The first-order valence-electron chi connectivity index (χ1n) is 7.12. The van der Waals surface area contributed by atoms with E-state index in [9.17, 15) is 4.79 Å². The Hall–Kier alpha value is -3.00. The zero-order valence-electron chi connectivity index (χ0n) is 12.0. The SMILES string of the molecule is O=C(C=C1C=CC(/C=C/c2ccccc2)=N1)c1ccccc1. The second-order valence-corrected chi connectivity index (χ2v) is 4.91. The van der Waals surface area contributed by atoms with E-state index in [-0.39, 0.29) is 5.78 Å². The highest BCUT2D eigenvalue weighted by atomic mass is 16.1. The van der Waals surface area contributed by atoms with E-state index >= 15 is 0 Å². The molecule has 0 saturated heterocycles. The number of benzene rings is 2. The molecule has 22 heavy (non-hydrogen) atoms. The van der Waals surface area contributed by atoms with Crippen LogP contribution in [-0.4, -0.2) is 11.5 Å². The van der Waals surface area contributed by atoms with Crippen molar-refractivity contribution in [2.45, 2.75) is 0 Å². The van der Waals surface area contributed by atoms with Crippen molar-refractivity contribution in [3.05, 3.63) is 102 Å². The van der Waals surface area contributed by atoms with Gasteiger partial charge in [-0.3, -0.25) is 4.79 Å². The quantitative estimate of drug-likeness (QED) is 0.601. The first-order chi connectivity index (χ1) is 10.8. The summed E-state index contributed by atoms with van der Waals surface area (Å²) in [5.41, 5.74) is 3.32. The standard InChI is InChI=1S/C20H15NO/c22-20(17-9-5-2-6-10-17)15-19-14-13-18(21-19)12-11-16-7-3-1-4-8-16/h1-15H/b12-11+,19-15?. The zero-order valence-corrected chi connectivity index (χ0v) is 12.0. The van der Waals surface area contributed by atoms with Crippen molar-refractivity contribution in [1.29, 1.82) is 0 Å². The Labute approximate surface area is 129 Å². The van der Waals surface area contributed by atoms with Crippen molar-refractivity contribution >= 4 is 17.6 Å². The van der Waals surface area contributed by atoms with Gasteiger partial charge in [-0.1, -0.05) is 66.7 Å². The van der Waals surface area contributed by atoms with Gasteiger partial charge in [0, 0.05) is 11.6 Å². The molecule has 0 atom stereocenters. The number of allylic oxidation sites excluding steroid dienone is 4. The molecule has 1 aliphatic rings. The van der Waals surface area contributed by atoms with Crippen LogP contribution in [0.5, 0.6) is 0 Å². The van der Waals surface area contributed by atoms with E-state index in [0.29, 0.717) is 11.3 Å². The van der Waals surface area contributed by atoms with E-state index in [4.69, 9.17) is 0 Å². The van der Waals surface area contributed by atoms with Gasteiger partial charge in [0.1, 0.15) is 0 Å². The Morgan fingerprint density at radius 2 is 1.50 bits per heavy atom. The molecule has 106 valence electrons. The Bertz CT molecular complexity index is 781. The molecule has 0 unspecified atom stereocenters. The number of carbonyl (C=O) groups excluding carboxylic acids is 1. The molecule has 0 N–H and O–H groups in total. The third-order valence-corrected chi connectivity index (χ3v) is 3.27. The fourth-order valence-electron chi connectivity index (χ4n) is 2.13. The summed E-state index contributed by atoms with van der Waals surface area (Å²) >= 11 is 0. The minimum Gasteiger partial charge on any atom is -0.289 e. The average Bonchev–Trinajstić information content (AvgIpc) is 3.02. The van der Waals surface area contributed by atoms with Crippen LogP contribution < -0.4 is 0 Å². The molecule has 2 heteroatoms. The summed E-state index contributed by atoms with van der Waals surface area (Å²) in [6, 6.07) is 19.3. The van der Waals surface area contributed by atoms with Crippen molar-refractivity contribution in [3.63, 3.8) is 0 Å². The van der Waals surface area contributed by atoms with Crippen LogP contribution >= 0.6 is 0 Å². The van der Waals surface area contributed by atoms with E-state index in [0.717, 1.165) is 11.3 Å². The van der Waals surface area contributed by atoms with Gasteiger partial charge in [0.25, 0.3) is 0 Å². The topological polar surface area (TPSA) is 29.4 Å². The number of hydrogen-bond donors (Lipinski definition) is 0. The maximum absolute atomic E-state index is 12.1. The van der Waals surface area contributed by atoms with Crippen LogP contribution in [0.25, 0.3) is 6.08 Å². The van der Waals surface area contributed by atoms with Gasteiger partial charge >= 0.3 is 0 Å². The highest BCUT2D eigenvalue weighted by Crippen LogP contribution is 2.13. The Balaban J connectivity index is 1.72. The molecule has 0 aliphatic carbocycles. The first-order valence-corrected chi connectivity index (χ1v) is 7.12. The lowest BCUT2D eigenvalue weighted by Gasteiger charge is -1.95. The van der Waals surface area contributed by atoms with Crippen LogP contribution in [0.2, 0.25) is 0 Å². The van der Waals surface area contributed by atoms with Gasteiger partial charge in [-0.25, -0.2) is 4.99 Å². The third-order valence-electron chi connectivity index (χ3n) is 3.27. The second kappa shape index (κ2) is 6.64. The van der Waals surface area contributed by atoms with E-state index in [1.807, 2.05) is 72.8 Å². The molecule has 0 aromatic heterocycles. The Morgan fingerprint density at radius 1 is 0.818 bits per heavy atom. The van der Waals surface area contributed by atoms with Crippen LogP contribution in [0.15, 0.2) is 95.7 Å². The minimum absolute atomic E-state index is 0.0303. The van der Waals surface area contributed by atoms with Crippen molar-refractivity contribution in [1.82, 2.24) is 0 Å². The highest BCUT2D eigenvalue weighted by Gasteiger charge is 2.06. The average molecular weight is 285 g/mol. The molecule has 3 rings (SSSR count). The fourth-order valence-corrected chi connectivity index (χ4v) is 2.13. The fraction of sp³-hybridized carbons (Fsp3) is 0. The van der Waals surface area contributed by atoms with Crippen molar-refractivity contribution in [2.24, 2.45) is 4.99 Å². The van der Waals surface area contributed by atoms with E-state index in [1.165, 1.54) is 0 Å². The second-order valence-electron chi connectivity index (χ2n) is 4.91. The van der Waals surface area contributed by atoms with Gasteiger partial charge < -0.3 is 0 Å². The van der Waals surface area contributed by atoms with E-state index < -0.39 is 0 Å². The summed E-state index contributed by atoms with van der Waals surface area (Å²) in [5, 5.41) is 0. The van der Waals surface area contributed by atoms with Crippen molar-refractivity contribution in [3.8, 4) is 0 Å². The summed E-state index contributed by atoms with van der Waals surface area (Å²) in [7, 11) is 0. The number of hydrogen-bond acceptors (Lipinski definition) is 2. The van der Waals surface area contributed by atoms with Gasteiger partial charge in [-0.05, 0) is 23.8 Å². The van der Waals surface area contributed by atoms with Crippen molar-refractivity contribution in [2.75, 3.05) is 0 Å². The summed E-state index contributed by atoms with van der Waals surface area (Å²) in [6.45, 7) is 0. The largest absolute Gasteiger partial charge is 0.289 e. The lowest BCUT2D eigenvalue weighted by atomic mass is 10.1. The molecule has 2 aromatic rings. The number of nitrogens with zero attached hydrogens (tertiary/aromatic N) is 1. The van der Waals surface area contributed by atoms with Gasteiger partial charge in [0.2, 0.25) is 0 Å². The first kappa shape index (κ1) is 14.0. The van der Waals surface area contributed by atoms with Crippen LogP contribution in [0.3, 0.4) is 0 Å². The highest BCUT2D eigenvalue weighted by molar-refractivity contribution is 6.11. The van der Waals surface area contributed by atoms with Crippen LogP contribution in [0.4, 0.5) is 0 Å². The summed E-state index contributed by atoms with van der Waals surface area (Å²) in [4.78, 5) is 16.5. The van der Waals surface area contributed by atoms with Crippen molar-refractivity contribution < 1.29 is 4.79 Å². The molecule has 0 bridgehead atoms. The van der Waals surface area contributed by atoms with Crippen LogP contribution in [0, 0.1) is 0 Å². The zero-order chi connectivity index (χ0) is 15.2. The number of aliphatic imine (C=N–C) groups is 1. The van der Waals surface area contributed by atoms with Gasteiger partial charge in [0.15, 0.2) is 5.78 Å². The van der Waals surface area contributed by atoms with Gasteiger partial charge in [-0.2, -0.15) is 0 Å². The molecule has 1 aliphatic heterocycles. The number of rotatable bonds is 4. The predicted molar refractivity (Wildman–Crippen MR) is 90.9 cm³/mol. The molecule has 0 spiro atoms. The molecule has 0 amide bonds. The maximum atomic E-state index is 12.1. The van der Waals surface area contributed by atoms with Gasteiger partial charge in [-0.15, -0.1) is 0 Å². The molecule has 0 saturated carbocycles. The van der Waals surface area contributed by atoms with E-state index in [2.05, 4.69) is 4.99 Å². The lowest BCUT2D eigenvalue weighted by Crippen LogP contribution is -1.94. The summed E-state index contributed by atoms with van der Waals surface area (Å²) in [5.74, 6) is -0.0303. The minimum atomic E-state index is -0.0303. The monoisotopic (exact) mass is 285 g/mol. The lowest BCUT2D eigenvalue weighted by molar-refractivity contribution is 0.104. The molecule has 0 radical (unpaired) electrons. The summed E-state index contributed by atoms with van der Waals surface area (Å²) in [6.07, 6.45) is 9.27. The Morgan fingerprint density at radius 3 is 2.23 bits per heavy atom. The molecular weight excluding hydrogens is 270 g/mol. The molecular formula is C20H15NO. The predicted octanol–water partition coefficient (Wildman–Crippen LogP) is 4.48. The normalized spacial score (nSPS) is 15.5. The molecule has 0 fully saturated rings. The smallest absolute Gasteiger partial charge is 0.187 e. The molecule has 1 heterocycles. The van der Waals surface area contributed by atoms with E-state index in [1.54, 1.807) is 18.2 Å². The molecule has 2 aromatic carbocycles. The van der Waals surface area contributed by atoms with Crippen LogP contribution in [-0.2, 0) is 0 Å². The maximum Gasteiger partial charge on any atom is 0.187 e. The Kier molecular flexibility index (Phi) is 4.21. The third kappa shape index (κ3) is 3.55. The van der Waals surface area contributed by atoms with Crippen LogP contribution in [0.1, 0.15) is 15.9 Å². The van der Waals surface area contributed by atoms with Gasteiger partial charge in [0.05, 0.1) is 11.4 Å². The summed E-state index contributed by atoms with van der Waals surface area (Å²) < 4.78 is 0.